The summed E-state index contributed by atoms with van der Waals surface area (Å²) in [6.45, 7) is 0.973. The molecule has 1 saturated heterocycles. The Kier molecular flexibility index (Phi) is 1.46. The highest BCUT2D eigenvalue weighted by Gasteiger charge is 2.30. The lowest BCUT2D eigenvalue weighted by Gasteiger charge is -2.24. The van der Waals surface area contributed by atoms with Gasteiger partial charge in [-0.05, 0) is 31.6 Å². The number of hydrogen-bond donors (Lipinski definition) is 0. The summed E-state index contributed by atoms with van der Waals surface area (Å²) >= 11 is 0. The van der Waals surface area contributed by atoms with Crippen molar-refractivity contribution >= 4 is 0 Å². The molecule has 0 aromatic carbocycles. The molecule has 0 N–H and O–H groups in total. The summed E-state index contributed by atoms with van der Waals surface area (Å²) < 4.78 is 5.57. The van der Waals surface area contributed by atoms with Crippen molar-refractivity contribution in [3.8, 4) is 0 Å². The van der Waals surface area contributed by atoms with Crippen LogP contribution in [-0.4, -0.2) is 12.7 Å². The second-order valence-corrected chi connectivity index (χ2v) is 3.03. The first kappa shape index (κ1) is 5.72. The van der Waals surface area contributed by atoms with Gasteiger partial charge in [0.15, 0.2) is 0 Å². The van der Waals surface area contributed by atoms with E-state index in [4.69, 9.17) is 4.74 Å². The molecule has 1 nitrogen and oxygen atoms in total. The van der Waals surface area contributed by atoms with Gasteiger partial charge in [0.25, 0.3) is 0 Å². The summed E-state index contributed by atoms with van der Waals surface area (Å²) in [6, 6.07) is 0. The van der Waals surface area contributed by atoms with Crippen LogP contribution in [-0.2, 0) is 4.74 Å². The maximum absolute atomic E-state index is 5.57. The fourth-order valence-electron chi connectivity index (χ4n) is 1.93. The van der Waals surface area contributed by atoms with Gasteiger partial charge in [0.1, 0.15) is 0 Å². The predicted octanol–water partition coefficient (Wildman–Crippen LogP) is 1.78. The van der Waals surface area contributed by atoms with Crippen molar-refractivity contribution in [3.05, 3.63) is 6.42 Å². The molecule has 2 atom stereocenters. The predicted molar refractivity (Wildman–Crippen MR) is 36.0 cm³/mol. The smallest absolute Gasteiger partial charge is 0.0606 e. The molecule has 0 aromatic heterocycles. The van der Waals surface area contributed by atoms with Crippen LogP contribution in [0.1, 0.15) is 25.7 Å². The van der Waals surface area contributed by atoms with Crippen LogP contribution in [0.15, 0.2) is 0 Å². The fraction of sp³-hybridized carbons (Fsp3) is 0.875. The Bertz CT molecular complexity index is 88.7. The molecule has 1 aliphatic heterocycles. The van der Waals surface area contributed by atoms with Crippen LogP contribution in [0, 0.1) is 12.3 Å². The monoisotopic (exact) mass is 125 g/mol. The zero-order valence-electron chi connectivity index (χ0n) is 5.68. The van der Waals surface area contributed by atoms with Gasteiger partial charge >= 0.3 is 0 Å². The summed E-state index contributed by atoms with van der Waals surface area (Å²) in [5.74, 6) is 0.818. The van der Waals surface area contributed by atoms with Crippen molar-refractivity contribution in [1.29, 1.82) is 0 Å². The largest absolute Gasteiger partial charge is 0.378 e. The van der Waals surface area contributed by atoms with E-state index in [1.807, 2.05) is 0 Å². The first-order chi connectivity index (χ1) is 4.47. The molecule has 1 aliphatic carbocycles. The van der Waals surface area contributed by atoms with Crippen LogP contribution in [0.2, 0.25) is 0 Å². The van der Waals surface area contributed by atoms with Crippen molar-refractivity contribution in [2.75, 3.05) is 6.61 Å². The maximum Gasteiger partial charge on any atom is 0.0606 e. The van der Waals surface area contributed by atoms with E-state index in [0.717, 1.165) is 12.5 Å². The Labute approximate surface area is 56.4 Å². The van der Waals surface area contributed by atoms with Crippen molar-refractivity contribution in [1.82, 2.24) is 0 Å². The second-order valence-electron chi connectivity index (χ2n) is 3.03. The molecule has 1 radical (unpaired) electrons. The van der Waals surface area contributed by atoms with E-state index in [0.29, 0.717) is 6.10 Å². The van der Waals surface area contributed by atoms with Gasteiger partial charge in [-0.15, -0.1) is 0 Å². The third kappa shape index (κ3) is 0.983. The highest BCUT2D eigenvalue weighted by molar-refractivity contribution is 4.90. The third-order valence-electron chi connectivity index (χ3n) is 2.42. The lowest BCUT2D eigenvalue weighted by molar-refractivity contribution is 0.0132. The van der Waals surface area contributed by atoms with Gasteiger partial charge in [0.05, 0.1) is 6.10 Å². The lowest BCUT2D eigenvalue weighted by Crippen LogP contribution is -2.24. The molecule has 0 bridgehead atoms. The van der Waals surface area contributed by atoms with Crippen molar-refractivity contribution in [2.24, 2.45) is 5.92 Å². The molecule has 51 valence electrons. The zero-order chi connectivity index (χ0) is 6.10. The molecule has 1 saturated carbocycles. The van der Waals surface area contributed by atoms with Crippen molar-refractivity contribution < 1.29 is 4.74 Å². The minimum Gasteiger partial charge on any atom is -0.378 e. The summed E-state index contributed by atoms with van der Waals surface area (Å²) in [6.07, 6.45) is 8.30. The van der Waals surface area contributed by atoms with Gasteiger partial charge < -0.3 is 4.74 Å². The van der Waals surface area contributed by atoms with Gasteiger partial charge in [0.2, 0.25) is 0 Å². The van der Waals surface area contributed by atoms with Crippen LogP contribution in [0.4, 0.5) is 0 Å². The molecule has 0 amide bonds. The van der Waals surface area contributed by atoms with Crippen LogP contribution in [0.5, 0.6) is 0 Å². The molecule has 2 fully saturated rings. The summed E-state index contributed by atoms with van der Waals surface area (Å²) in [5, 5.41) is 0. The first-order valence-electron chi connectivity index (χ1n) is 3.92. The molecular formula is C8H13O. The van der Waals surface area contributed by atoms with E-state index in [-0.39, 0.29) is 0 Å². The highest BCUT2D eigenvalue weighted by Crippen LogP contribution is 2.33. The minimum atomic E-state index is 0.610. The Balaban J connectivity index is 1.97. The van der Waals surface area contributed by atoms with Gasteiger partial charge in [-0.3, -0.25) is 0 Å². The molecule has 0 unspecified atom stereocenters. The SMILES string of the molecule is [CH]1CCO[C@H]2CCC[C@@H]12. The standard InChI is InChI=1S/C8H13O/c1-3-7-4-2-6-9-8(7)5-1/h4,7-8H,1-3,5-6H2/t7-,8-/m0/s1. The normalized spacial score (nSPS) is 42.7. The zero-order valence-corrected chi connectivity index (χ0v) is 5.68. The maximum atomic E-state index is 5.57. The van der Waals surface area contributed by atoms with Gasteiger partial charge in [-0.1, -0.05) is 6.42 Å². The number of hydrogen-bond acceptors (Lipinski definition) is 1. The molecule has 1 heterocycles. The minimum absolute atomic E-state index is 0.610. The Hall–Kier alpha value is -0.0400. The fourth-order valence-corrected chi connectivity index (χ4v) is 1.93. The van der Waals surface area contributed by atoms with E-state index < -0.39 is 0 Å². The average molecular weight is 125 g/mol. The quantitative estimate of drug-likeness (QED) is 0.479. The van der Waals surface area contributed by atoms with Gasteiger partial charge in [0, 0.05) is 6.61 Å². The molecule has 9 heavy (non-hydrogen) atoms. The first-order valence-corrected chi connectivity index (χ1v) is 3.92. The van der Waals surface area contributed by atoms with Crippen LogP contribution in [0.3, 0.4) is 0 Å². The van der Waals surface area contributed by atoms with E-state index in [1.165, 1.54) is 25.7 Å². The molecule has 0 aromatic rings. The molecular weight excluding hydrogens is 112 g/mol. The molecule has 2 rings (SSSR count). The Morgan fingerprint density at radius 2 is 2.33 bits per heavy atom. The molecule has 0 spiro atoms. The van der Waals surface area contributed by atoms with Crippen LogP contribution >= 0.6 is 0 Å². The average Bonchev–Trinajstić information content (AvgIpc) is 2.33. The number of rotatable bonds is 0. The number of ether oxygens (including phenoxy) is 1. The number of fused-ring (bicyclic) bond motifs is 1. The van der Waals surface area contributed by atoms with Crippen molar-refractivity contribution in [2.45, 2.75) is 31.8 Å². The van der Waals surface area contributed by atoms with Gasteiger partial charge in [-0.25, -0.2) is 0 Å². The van der Waals surface area contributed by atoms with E-state index >= 15 is 0 Å². The molecule has 2 aliphatic rings. The van der Waals surface area contributed by atoms with E-state index in [9.17, 15) is 0 Å². The summed E-state index contributed by atoms with van der Waals surface area (Å²) in [7, 11) is 0. The Morgan fingerprint density at radius 3 is 3.22 bits per heavy atom. The van der Waals surface area contributed by atoms with E-state index in [2.05, 4.69) is 6.42 Å². The Morgan fingerprint density at radius 1 is 1.33 bits per heavy atom. The second kappa shape index (κ2) is 2.30. The van der Waals surface area contributed by atoms with E-state index in [1.54, 1.807) is 0 Å². The van der Waals surface area contributed by atoms with Crippen LogP contribution in [0.25, 0.3) is 0 Å². The summed E-state index contributed by atoms with van der Waals surface area (Å²) in [4.78, 5) is 0. The molecule has 1 heteroatoms. The summed E-state index contributed by atoms with van der Waals surface area (Å²) in [5.41, 5.74) is 0. The van der Waals surface area contributed by atoms with Crippen molar-refractivity contribution in [3.63, 3.8) is 0 Å². The van der Waals surface area contributed by atoms with Crippen LogP contribution < -0.4 is 0 Å². The highest BCUT2D eigenvalue weighted by atomic mass is 16.5. The topological polar surface area (TPSA) is 9.23 Å². The lowest BCUT2D eigenvalue weighted by atomic mass is 9.98. The van der Waals surface area contributed by atoms with Gasteiger partial charge in [-0.2, -0.15) is 0 Å². The third-order valence-corrected chi connectivity index (χ3v) is 2.42.